The molecule has 4 nitrogen and oxygen atoms in total. The first-order valence-electron chi connectivity index (χ1n) is 5.82. The first-order valence-corrected chi connectivity index (χ1v) is 5.82. The molecular formula is C13H17NO3. The van der Waals surface area contributed by atoms with Crippen LogP contribution in [0.25, 0.3) is 0 Å². The van der Waals surface area contributed by atoms with Gasteiger partial charge in [0.05, 0.1) is 6.61 Å². The Morgan fingerprint density at radius 3 is 3.06 bits per heavy atom. The van der Waals surface area contributed by atoms with E-state index in [9.17, 15) is 9.90 Å². The molecule has 1 unspecified atom stereocenters. The highest BCUT2D eigenvalue weighted by atomic mass is 16.5. The first-order chi connectivity index (χ1) is 8.08. The lowest BCUT2D eigenvalue weighted by atomic mass is 9.83. The Bertz CT molecular complexity index is 444. The molecule has 0 spiro atoms. The van der Waals surface area contributed by atoms with E-state index in [1.165, 1.54) is 0 Å². The number of carbonyl (C=O) groups is 1. The molecule has 92 valence electrons. The smallest absolute Gasteiger partial charge is 0.330 e. The Kier molecular flexibility index (Phi) is 3.07. The summed E-state index contributed by atoms with van der Waals surface area (Å²) in [6, 6.07) is 5.10. The van der Waals surface area contributed by atoms with Crippen molar-refractivity contribution in [2.75, 3.05) is 13.2 Å². The molecule has 2 rings (SSSR count). The van der Waals surface area contributed by atoms with Gasteiger partial charge in [-0.3, -0.25) is 5.32 Å². The van der Waals surface area contributed by atoms with E-state index in [2.05, 4.69) is 5.32 Å². The van der Waals surface area contributed by atoms with Crippen molar-refractivity contribution in [1.82, 2.24) is 5.32 Å². The number of nitrogens with one attached hydrogen (secondary N) is 1. The van der Waals surface area contributed by atoms with Crippen molar-refractivity contribution < 1.29 is 14.6 Å². The summed E-state index contributed by atoms with van der Waals surface area (Å²) in [4.78, 5) is 12.0. The molecule has 1 aliphatic heterocycles. The maximum atomic E-state index is 12.0. The molecule has 4 heteroatoms. The van der Waals surface area contributed by atoms with Crippen LogP contribution in [0.4, 0.5) is 0 Å². The average molecular weight is 235 g/mol. The zero-order valence-electron chi connectivity index (χ0n) is 10.1. The number of fused-ring (bicyclic) bond motifs is 1. The van der Waals surface area contributed by atoms with Crippen LogP contribution in [0, 0.1) is 0 Å². The van der Waals surface area contributed by atoms with Gasteiger partial charge in [-0.15, -0.1) is 0 Å². The van der Waals surface area contributed by atoms with E-state index >= 15 is 0 Å². The number of carbonyl (C=O) groups excluding carboxylic acids is 1. The zero-order valence-corrected chi connectivity index (χ0v) is 10.1. The SMILES string of the molecule is CCOC(=O)C1(C)NCCc2cc(O)ccc21. The van der Waals surface area contributed by atoms with Gasteiger partial charge in [-0.1, -0.05) is 6.07 Å². The van der Waals surface area contributed by atoms with Crippen LogP contribution in [0.15, 0.2) is 18.2 Å². The van der Waals surface area contributed by atoms with Crippen molar-refractivity contribution in [1.29, 1.82) is 0 Å². The normalized spacial score (nSPS) is 22.9. The van der Waals surface area contributed by atoms with E-state index in [-0.39, 0.29) is 11.7 Å². The van der Waals surface area contributed by atoms with Crippen LogP contribution in [-0.2, 0) is 21.5 Å². The third-order valence-electron chi connectivity index (χ3n) is 3.18. The third kappa shape index (κ3) is 2.00. The largest absolute Gasteiger partial charge is 0.508 e. The Morgan fingerprint density at radius 2 is 2.35 bits per heavy atom. The van der Waals surface area contributed by atoms with Crippen LogP contribution in [-0.4, -0.2) is 24.2 Å². The Labute approximate surface area is 101 Å². The fourth-order valence-electron chi connectivity index (χ4n) is 2.27. The average Bonchev–Trinajstić information content (AvgIpc) is 2.29. The minimum Gasteiger partial charge on any atom is -0.508 e. The summed E-state index contributed by atoms with van der Waals surface area (Å²) in [6.07, 6.45) is 0.804. The van der Waals surface area contributed by atoms with Crippen molar-refractivity contribution in [2.45, 2.75) is 25.8 Å². The van der Waals surface area contributed by atoms with E-state index in [0.717, 1.165) is 17.5 Å². The second-order valence-corrected chi connectivity index (χ2v) is 4.36. The molecule has 0 aromatic heterocycles. The van der Waals surface area contributed by atoms with Gasteiger partial charge in [-0.05, 0) is 43.5 Å². The lowest BCUT2D eigenvalue weighted by Crippen LogP contribution is -2.51. The monoisotopic (exact) mass is 235 g/mol. The van der Waals surface area contributed by atoms with Gasteiger partial charge < -0.3 is 9.84 Å². The van der Waals surface area contributed by atoms with Gasteiger partial charge in [0.2, 0.25) is 0 Å². The molecule has 1 aromatic carbocycles. The molecule has 0 radical (unpaired) electrons. The standard InChI is InChI=1S/C13H17NO3/c1-3-17-12(16)13(2)11-5-4-10(15)8-9(11)6-7-14-13/h4-5,8,14-15H,3,6-7H2,1-2H3. The Hall–Kier alpha value is -1.55. The maximum absolute atomic E-state index is 12.0. The molecular weight excluding hydrogens is 218 g/mol. The Morgan fingerprint density at radius 1 is 1.59 bits per heavy atom. The minimum atomic E-state index is -0.808. The predicted molar refractivity (Wildman–Crippen MR) is 63.8 cm³/mol. The lowest BCUT2D eigenvalue weighted by Gasteiger charge is -2.34. The van der Waals surface area contributed by atoms with Crippen LogP contribution >= 0.6 is 0 Å². The molecule has 0 fully saturated rings. The van der Waals surface area contributed by atoms with Crippen LogP contribution in [0.3, 0.4) is 0 Å². The first kappa shape index (κ1) is 11.9. The van der Waals surface area contributed by atoms with Gasteiger partial charge in [0.15, 0.2) is 0 Å². The second kappa shape index (κ2) is 4.37. The summed E-state index contributed by atoms with van der Waals surface area (Å²) < 4.78 is 5.11. The van der Waals surface area contributed by atoms with Gasteiger partial charge in [0.25, 0.3) is 0 Å². The van der Waals surface area contributed by atoms with Crippen LogP contribution in [0.2, 0.25) is 0 Å². The van der Waals surface area contributed by atoms with Crippen LogP contribution in [0.5, 0.6) is 5.75 Å². The van der Waals surface area contributed by atoms with Gasteiger partial charge >= 0.3 is 5.97 Å². The second-order valence-electron chi connectivity index (χ2n) is 4.36. The highest BCUT2D eigenvalue weighted by molar-refractivity contribution is 5.83. The summed E-state index contributed by atoms with van der Waals surface area (Å²) >= 11 is 0. The summed E-state index contributed by atoms with van der Waals surface area (Å²) in [5.41, 5.74) is 1.08. The number of ether oxygens (including phenoxy) is 1. The minimum absolute atomic E-state index is 0.233. The fourth-order valence-corrected chi connectivity index (χ4v) is 2.27. The predicted octanol–water partition coefficient (Wildman–Crippen LogP) is 1.32. The van der Waals surface area contributed by atoms with Crippen molar-refractivity contribution in [3.63, 3.8) is 0 Å². The number of hydrogen-bond acceptors (Lipinski definition) is 4. The molecule has 1 atom stereocenters. The van der Waals surface area contributed by atoms with Crippen LogP contribution < -0.4 is 5.32 Å². The van der Waals surface area contributed by atoms with Crippen molar-refractivity contribution >= 4 is 5.97 Å². The van der Waals surface area contributed by atoms with Gasteiger partial charge in [-0.2, -0.15) is 0 Å². The van der Waals surface area contributed by atoms with E-state index in [1.807, 2.05) is 6.92 Å². The van der Waals surface area contributed by atoms with E-state index in [1.54, 1.807) is 25.1 Å². The van der Waals surface area contributed by atoms with Crippen molar-refractivity contribution in [3.8, 4) is 5.75 Å². The molecule has 17 heavy (non-hydrogen) atoms. The topological polar surface area (TPSA) is 58.6 Å². The van der Waals surface area contributed by atoms with E-state index < -0.39 is 5.54 Å². The number of benzene rings is 1. The zero-order chi connectivity index (χ0) is 12.5. The molecule has 1 aliphatic rings. The van der Waals surface area contributed by atoms with Crippen LogP contribution in [0.1, 0.15) is 25.0 Å². The number of hydrogen-bond donors (Lipinski definition) is 2. The molecule has 2 N–H and O–H groups in total. The molecule has 0 saturated carbocycles. The maximum Gasteiger partial charge on any atom is 0.330 e. The molecule has 0 bridgehead atoms. The van der Waals surface area contributed by atoms with Gasteiger partial charge in [0.1, 0.15) is 11.3 Å². The number of phenolic OH excluding ortho intramolecular Hbond substituents is 1. The number of rotatable bonds is 2. The fraction of sp³-hybridized carbons (Fsp3) is 0.462. The van der Waals surface area contributed by atoms with Crippen molar-refractivity contribution in [2.24, 2.45) is 0 Å². The van der Waals surface area contributed by atoms with Gasteiger partial charge in [0, 0.05) is 6.54 Å². The van der Waals surface area contributed by atoms with E-state index in [4.69, 9.17) is 4.74 Å². The lowest BCUT2D eigenvalue weighted by molar-refractivity contribution is -0.151. The molecule has 1 heterocycles. The summed E-state index contributed by atoms with van der Waals surface area (Å²) in [5.74, 6) is -0.0384. The van der Waals surface area contributed by atoms with Gasteiger partial charge in [-0.25, -0.2) is 4.79 Å². The quantitative estimate of drug-likeness (QED) is 0.759. The Balaban J connectivity index is 2.43. The third-order valence-corrected chi connectivity index (χ3v) is 3.18. The highest BCUT2D eigenvalue weighted by Gasteiger charge is 2.40. The summed E-state index contributed by atoms with van der Waals surface area (Å²) in [5, 5.41) is 12.7. The number of esters is 1. The molecule has 0 saturated heterocycles. The van der Waals surface area contributed by atoms with E-state index in [0.29, 0.717) is 13.2 Å². The summed E-state index contributed by atoms with van der Waals surface area (Å²) in [6.45, 7) is 4.68. The molecule has 0 aliphatic carbocycles. The summed E-state index contributed by atoms with van der Waals surface area (Å²) in [7, 11) is 0. The van der Waals surface area contributed by atoms with Crippen molar-refractivity contribution in [3.05, 3.63) is 29.3 Å². The molecule has 1 aromatic rings. The number of phenols is 1. The number of aromatic hydroxyl groups is 1. The molecule has 0 amide bonds. The highest BCUT2D eigenvalue weighted by Crippen LogP contribution is 2.31.